The highest BCUT2D eigenvalue weighted by Gasteiger charge is 2.38. The van der Waals surface area contributed by atoms with Crippen LogP contribution in [0.3, 0.4) is 0 Å². The van der Waals surface area contributed by atoms with E-state index in [1.807, 2.05) is 0 Å². The molecule has 156 valence electrons. The number of ether oxygens (including phenoxy) is 1. The van der Waals surface area contributed by atoms with Gasteiger partial charge in [-0.05, 0) is 51.8 Å². The predicted molar refractivity (Wildman–Crippen MR) is 105 cm³/mol. The number of imide groups is 1. The van der Waals surface area contributed by atoms with Crippen molar-refractivity contribution in [3.63, 3.8) is 0 Å². The summed E-state index contributed by atoms with van der Waals surface area (Å²) in [7, 11) is 0. The first-order chi connectivity index (χ1) is 13.5. The highest BCUT2D eigenvalue weighted by Crippen LogP contribution is 2.36. The smallest absolute Gasteiger partial charge is 0.407 e. The number of hydrogen-bond acceptors (Lipinski definition) is 7. The van der Waals surface area contributed by atoms with Gasteiger partial charge in [0, 0.05) is 18.5 Å². The molecule has 2 atom stereocenters. The number of amidine groups is 1. The number of nitrogens with zero attached hydrogens (tertiary/aromatic N) is 2. The van der Waals surface area contributed by atoms with Crippen LogP contribution in [0.15, 0.2) is 23.2 Å². The molecule has 1 saturated heterocycles. The van der Waals surface area contributed by atoms with Gasteiger partial charge in [-0.2, -0.15) is 0 Å². The number of nitrogens with one attached hydrogen (secondary N) is 2. The molecule has 0 saturated carbocycles. The molecule has 3 rings (SSSR count). The Hall–Kier alpha value is -2.94. The monoisotopic (exact) mass is 402 g/mol. The van der Waals surface area contributed by atoms with E-state index in [4.69, 9.17) is 4.74 Å². The SMILES string of the molecule is CC1=Nc2ccc(CNC(=O)OC(C)(C)C)cc2C(O)N1C1CCC(=O)NC1=O. The maximum absolute atomic E-state index is 12.3. The van der Waals surface area contributed by atoms with Crippen molar-refractivity contribution in [3.8, 4) is 0 Å². The van der Waals surface area contributed by atoms with E-state index in [0.717, 1.165) is 5.56 Å². The van der Waals surface area contributed by atoms with Crippen molar-refractivity contribution in [2.45, 2.75) is 65.0 Å². The third kappa shape index (κ3) is 4.73. The summed E-state index contributed by atoms with van der Waals surface area (Å²) in [4.78, 5) is 41.6. The third-order valence-electron chi connectivity index (χ3n) is 4.67. The van der Waals surface area contributed by atoms with Gasteiger partial charge in [-0.1, -0.05) is 6.07 Å². The zero-order chi connectivity index (χ0) is 21.3. The number of alkyl carbamates (subject to hydrolysis) is 1. The first kappa shape index (κ1) is 20.8. The molecule has 0 spiro atoms. The van der Waals surface area contributed by atoms with E-state index in [1.165, 1.54) is 4.90 Å². The summed E-state index contributed by atoms with van der Waals surface area (Å²) in [6, 6.07) is 4.63. The topological polar surface area (TPSA) is 120 Å². The summed E-state index contributed by atoms with van der Waals surface area (Å²) in [5, 5.41) is 15.9. The standard InChI is InChI=1S/C20H26N4O5/c1-11-22-14-6-5-12(10-21-19(28)29-20(2,3)4)9-13(14)18(27)24(11)15-7-8-16(25)23-17(15)26/h5-6,9,15,18,27H,7-8,10H2,1-4H3,(H,21,28)(H,23,25,26). The number of aliphatic hydroxyl groups is 1. The molecule has 1 aromatic carbocycles. The summed E-state index contributed by atoms with van der Waals surface area (Å²) in [6.07, 6.45) is -1.11. The maximum atomic E-state index is 12.3. The Morgan fingerprint density at radius 1 is 1.38 bits per heavy atom. The van der Waals surface area contributed by atoms with Gasteiger partial charge in [0.2, 0.25) is 11.8 Å². The molecule has 2 unspecified atom stereocenters. The number of rotatable bonds is 3. The fourth-order valence-corrected chi connectivity index (χ4v) is 3.41. The van der Waals surface area contributed by atoms with Gasteiger partial charge in [0.15, 0.2) is 6.23 Å². The van der Waals surface area contributed by atoms with Crippen molar-refractivity contribution in [2.75, 3.05) is 0 Å². The molecule has 0 radical (unpaired) electrons. The molecule has 2 aliphatic heterocycles. The number of aliphatic hydroxyl groups excluding tert-OH is 1. The molecule has 1 aromatic rings. The van der Waals surface area contributed by atoms with Gasteiger partial charge >= 0.3 is 6.09 Å². The third-order valence-corrected chi connectivity index (χ3v) is 4.67. The average molecular weight is 402 g/mol. The van der Waals surface area contributed by atoms with Gasteiger partial charge in [0.1, 0.15) is 17.5 Å². The van der Waals surface area contributed by atoms with Crippen molar-refractivity contribution in [2.24, 2.45) is 4.99 Å². The second-order valence-electron chi connectivity index (χ2n) is 8.16. The van der Waals surface area contributed by atoms with Crippen molar-refractivity contribution in [3.05, 3.63) is 29.3 Å². The quantitative estimate of drug-likeness (QED) is 0.664. The minimum Gasteiger partial charge on any atom is -0.444 e. The Morgan fingerprint density at radius 2 is 2.10 bits per heavy atom. The van der Waals surface area contributed by atoms with E-state index in [0.29, 0.717) is 23.5 Å². The summed E-state index contributed by atoms with van der Waals surface area (Å²) in [5.41, 5.74) is 1.29. The number of hydrogen-bond donors (Lipinski definition) is 3. The Kier molecular flexibility index (Phi) is 5.61. The average Bonchev–Trinajstić information content (AvgIpc) is 2.60. The Labute approximate surface area is 169 Å². The van der Waals surface area contributed by atoms with E-state index >= 15 is 0 Å². The summed E-state index contributed by atoms with van der Waals surface area (Å²) in [6.45, 7) is 7.28. The van der Waals surface area contributed by atoms with Gasteiger partial charge in [-0.3, -0.25) is 14.9 Å². The van der Waals surface area contributed by atoms with E-state index in [9.17, 15) is 19.5 Å². The van der Waals surface area contributed by atoms with Crippen LogP contribution in [0.25, 0.3) is 0 Å². The van der Waals surface area contributed by atoms with Crippen molar-refractivity contribution in [1.29, 1.82) is 0 Å². The highest BCUT2D eigenvalue weighted by molar-refractivity contribution is 6.02. The highest BCUT2D eigenvalue weighted by atomic mass is 16.6. The van der Waals surface area contributed by atoms with Gasteiger partial charge in [0.25, 0.3) is 0 Å². The van der Waals surface area contributed by atoms with Crippen molar-refractivity contribution >= 4 is 29.4 Å². The van der Waals surface area contributed by atoms with Crippen molar-refractivity contribution < 1.29 is 24.2 Å². The largest absolute Gasteiger partial charge is 0.444 e. The fourth-order valence-electron chi connectivity index (χ4n) is 3.41. The van der Waals surface area contributed by atoms with Crippen LogP contribution < -0.4 is 10.6 Å². The Bertz CT molecular complexity index is 874. The number of carbonyl (C=O) groups is 3. The van der Waals surface area contributed by atoms with Crippen LogP contribution in [0.2, 0.25) is 0 Å². The summed E-state index contributed by atoms with van der Waals surface area (Å²) in [5.74, 6) is -0.261. The minimum absolute atomic E-state index is 0.208. The van der Waals surface area contributed by atoms with Gasteiger partial charge in [-0.25, -0.2) is 9.79 Å². The van der Waals surface area contributed by atoms with Crippen LogP contribution in [0.5, 0.6) is 0 Å². The molecule has 3 amide bonds. The zero-order valence-electron chi connectivity index (χ0n) is 17.0. The van der Waals surface area contributed by atoms with E-state index in [-0.39, 0.29) is 18.9 Å². The molecule has 0 aliphatic carbocycles. The molecule has 3 N–H and O–H groups in total. The van der Waals surface area contributed by atoms with Crippen LogP contribution in [-0.4, -0.2) is 45.4 Å². The maximum Gasteiger partial charge on any atom is 0.407 e. The number of fused-ring (bicyclic) bond motifs is 1. The Balaban J connectivity index is 1.77. The van der Waals surface area contributed by atoms with Gasteiger partial charge < -0.3 is 20.1 Å². The first-order valence-corrected chi connectivity index (χ1v) is 9.50. The molecule has 1 fully saturated rings. The predicted octanol–water partition coefficient (Wildman–Crippen LogP) is 1.87. The van der Waals surface area contributed by atoms with Crippen molar-refractivity contribution in [1.82, 2.24) is 15.5 Å². The number of carbonyl (C=O) groups excluding carboxylic acids is 3. The van der Waals surface area contributed by atoms with E-state index in [2.05, 4.69) is 15.6 Å². The number of aliphatic imine (C=N–C) groups is 1. The van der Waals surface area contributed by atoms with E-state index < -0.39 is 29.9 Å². The summed E-state index contributed by atoms with van der Waals surface area (Å²) < 4.78 is 5.22. The number of piperidine rings is 1. The first-order valence-electron chi connectivity index (χ1n) is 9.50. The lowest BCUT2D eigenvalue weighted by molar-refractivity contribution is -0.139. The lowest BCUT2D eigenvalue weighted by atomic mass is 9.99. The molecular formula is C20H26N4O5. The van der Waals surface area contributed by atoms with Crippen LogP contribution in [0.4, 0.5) is 10.5 Å². The van der Waals surface area contributed by atoms with Crippen LogP contribution in [0.1, 0.15) is 57.9 Å². The lowest BCUT2D eigenvalue weighted by Gasteiger charge is -2.40. The Morgan fingerprint density at radius 3 is 2.76 bits per heavy atom. The molecule has 2 aliphatic rings. The summed E-state index contributed by atoms with van der Waals surface area (Å²) >= 11 is 0. The second kappa shape index (κ2) is 7.82. The van der Waals surface area contributed by atoms with Gasteiger partial charge in [0.05, 0.1) is 5.69 Å². The normalized spacial score (nSPS) is 21.8. The minimum atomic E-state index is -1.09. The number of benzene rings is 1. The van der Waals surface area contributed by atoms with Crippen LogP contribution >= 0.6 is 0 Å². The molecule has 9 nitrogen and oxygen atoms in total. The van der Waals surface area contributed by atoms with Crippen LogP contribution in [-0.2, 0) is 20.9 Å². The lowest BCUT2D eigenvalue weighted by Crippen LogP contribution is -2.55. The second-order valence-corrected chi connectivity index (χ2v) is 8.16. The molecule has 0 bridgehead atoms. The fraction of sp³-hybridized carbons (Fsp3) is 0.500. The van der Waals surface area contributed by atoms with E-state index in [1.54, 1.807) is 45.9 Å². The number of amides is 3. The molecule has 2 heterocycles. The molecular weight excluding hydrogens is 376 g/mol. The van der Waals surface area contributed by atoms with Gasteiger partial charge in [-0.15, -0.1) is 0 Å². The molecule has 0 aromatic heterocycles. The van der Waals surface area contributed by atoms with Crippen LogP contribution in [0, 0.1) is 0 Å². The molecule has 9 heteroatoms. The molecule has 29 heavy (non-hydrogen) atoms. The zero-order valence-corrected chi connectivity index (χ0v) is 17.0.